The summed E-state index contributed by atoms with van der Waals surface area (Å²) >= 11 is 5.90. The largest absolute Gasteiger partial charge is 0.345 e. The van der Waals surface area contributed by atoms with E-state index in [9.17, 15) is 9.59 Å². The third-order valence-corrected chi connectivity index (χ3v) is 4.32. The van der Waals surface area contributed by atoms with Crippen LogP contribution in [-0.4, -0.2) is 40.9 Å². The third-order valence-electron chi connectivity index (χ3n) is 4.06. The van der Waals surface area contributed by atoms with Crippen LogP contribution in [0.25, 0.3) is 5.69 Å². The van der Waals surface area contributed by atoms with E-state index in [2.05, 4.69) is 10.1 Å². The maximum Gasteiger partial charge on any atom is 0.280 e. The van der Waals surface area contributed by atoms with Gasteiger partial charge in [0.15, 0.2) is 0 Å². The van der Waals surface area contributed by atoms with Gasteiger partial charge in [0.2, 0.25) is 0 Å². The van der Waals surface area contributed by atoms with Gasteiger partial charge in [-0.1, -0.05) is 11.6 Å². The summed E-state index contributed by atoms with van der Waals surface area (Å²) in [4.78, 5) is 30.5. The van der Waals surface area contributed by atoms with Crippen LogP contribution < -0.4 is 5.56 Å². The Hall–Kier alpha value is -3.12. The van der Waals surface area contributed by atoms with Crippen LogP contribution in [0.2, 0.25) is 5.02 Å². The average molecular weight is 383 g/mol. The fraction of sp³-hybridized carbons (Fsp3) is 0.150. The molecule has 0 fully saturated rings. The summed E-state index contributed by atoms with van der Waals surface area (Å²) in [7, 11) is 3.41. The Labute approximate surface area is 161 Å². The molecule has 2 aromatic carbocycles. The number of H-pyrrole nitrogens is 1. The van der Waals surface area contributed by atoms with E-state index in [-0.39, 0.29) is 11.5 Å². The zero-order chi connectivity index (χ0) is 19.6. The average Bonchev–Trinajstić information content (AvgIpc) is 2.94. The highest BCUT2D eigenvalue weighted by Gasteiger charge is 2.11. The lowest BCUT2D eigenvalue weighted by atomic mass is 10.2. The Morgan fingerprint density at radius 3 is 2.33 bits per heavy atom. The normalized spacial score (nSPS) is 11.1. The molecule has 0 saturated carbocycles. The van der Waals surface area contributed by atoms with E-state index in [1.54, 1.807) is 62.6 Å². The highest BCUT2D eigenvalue weighted by atomic mass is 35.5. The molecule has 0 bridgehead atoms. The van der Waals surface area contributed by atoms with Crippen LogP contribution in [0.5, 0.6) is 0 Å². The number of carbonyl (C=O) groups is 1. The number of benzene rings is 2. The quantitative estimate of drug-likeness (QED) is 0.700. The molecule has 0 unspecified atom stereocenters. The van der Waals surface area contributed by atoms with Crippen molar-refractivity contribution in [3.8, 4) is 5.69 Å². The molecular weight excluding hydrogens is 364 g/mol. The molecule has 0 spiro atoms. The minimum Gasteiger partial charge on any atom is -0.345 e. The number of hydrogen-bond acceptors (Lipinski definition) is 3. The second kappa shape index (κ2) is 7.63. The Bertz CT molecular complexity index is 1050. The predicted molar refractivity (Wildman–Crippen MR) is 108 cm³/mol. The van der Waals surface area contributed by atoms with Crippen molar-refractivity contribution in [3.63, 3.8) is 0 Å². The second-order valence-corrected chi connectivity index (χ2v) is 6.71. The fourth-order valence-electron chi connectivity index (χ4n) is 2.57. The molecule has 27 heavy (non-hydrogen) atoms. The molecule has 0 atom stereocenters. The zero-order valence-electron chi connectivity index (χ0n) is 15.2. The van der Waals surface area contributed by atoms with Gasteiger partial charge in [-0.25, -0.2) is 4.68 Å². The fourth-order valence-corrected chi connectivity index (χ4v) is 2.70. The molecule has 1 aromatic heterocycles. The van der Waals surface area contributed by atoms with Gasteiger partial charge in [-0.3, -0.25) is 19.7 Å². The maximum absolute atomic E-state index is 12.7. The molecule has 7 heteroatoms. The highest BCUT2D eigenvalue weighted by Crippen LogP contribution is 2.15. The Morgan fingerprint density at radius 2 is 1.74 bits per heavy atom. The molecule has 138 valence electrons. The van der Waals surface area contributed by atoms with Crippen LogP contribution in [-0.2, 0) is 0 Å². The van der Waals surface area contributed by atoms with Gasteiger partial charge in [-0.2, -0.15) is 0 Å². The van der Waals surface area contributed by atoms with Crippen molar-refractivity contribution >= 4 is 29.4 Å². The first-order valence-electron chi connectivity index (χ1n) is 8.30. The minimum absolute atomic E-state index is 0.0714. The molecular formula is C20H19ClN4O2. The Morgan fingerprint density at radius 1 is 1.11 bits per heavy atom. The number of nitrogens with one attached hydrogen (secondary N) is 1. The van der Waals surface area contributed by atoms with Gasteiger partial charge in [0.1, 0.15) is 0 Å². The number of rotatable bonds is 4. The lowest BCUT2D eigenvalue weighted by Gasteiger charge is -2.09. The molecule has 1 amide bonds. The number of carbonyl (C=O) groups excluding carboxylic acids is 1. The lowest BCUT2D eigenvalue weighted by molar-refractivity contribution is 0.0827. The number of aromatic amines is 1. The highest BCUT2D eigenvalue weighted by molar-refractivity contribution is 6.30. The van der Waals surface area contributed by atoms with E-state index in [0.29, 0.717) is 33.2 Å². The molecule has 1 heterocycles. The van der Waals surface area contributed by atoms with Crippen molar-refractivity contribution in [2.75, 3.05) is 14.1 Å². The number of aryl methyl sites for hydroxylation is 1. The van der Waals surface area contributed by atoms with Crippen LogP contribution >= 0.6 is 11.6 Å². The summed E-state index contributed by atoms with van der Waals surface area (Å²) in [6.45, 7) is 1.81. The molecule has 0 aliphatic carbocycles. The van der Waals surface area contributed by atoms with E-state index in [0.717, 1.165) is 0 Å². The summed E-state index contributed by atoms with van der Waals surface area (Å²) in [6.07, 6.45) is 1.53. The molecule has 6 nitrogen and oxygen atoms in total. The number of nitrogens with zero attached hydrogens (tertiary/aromatic N) is 3. The van der Waals surface area contributed by atoms with Gasteiger partial charge in [-0.05, 0) is 55.5 Å². The number of amides is 1. The van der Waals surface area contributed by atoms with Gasteiger partial charge in [0.25, 0.3) is 11.5 Å². The summed E-state index contributed by atoms with van der Waals surface area (Å²) in [6, 6.07) is 13.9. The van der Waals surface area contributed by atoms with Gasteiger partial charge in [-0.15, -0.1) is 0 Å². The first kappa shape index (κ1) is 18.7. The van der Waals surface area contributed by atoms with Crippen LogP contribution in [0.15, 0.2) is 58.3 Å². The Balaban J connectivity index is 1.87. The van der Waals surface area contributed by atoms with Crippen LogP contribution in [0.4, 0.5) is 5.69 Å². The third kappa shape index (κ3) is 4.01. The number of aliphatic imine (C=N–C) groups is 1. The molecule has 3 rings (SSSR count). The van der Waals surface area contributed by atoms with E-state index < -0.39 is 0 Å². The topological polar surface area (TPSA) is 70.5 Å². The van der Waals surface area contributed by atoms with Crippen molar-refractivity contribution in [2.45, 2.75) is 6.92 Å². The minimum atomic E-state index is -0.196. The monoisotopic (exact) mass is 382 g/mol. The first-order chi connectivity index (χ1) is 12.9. The van der Waals surface area contributed by atoms with Crippen LogP contribution in [0.1, 0.15) is 21.6 Å². The standard InChI is InChI=1S/C20H19ClN4O2/c1-13-18(20(27)25(23-13)17-10-6-15(21)7-11-17)12-22-16-8-4-14(5-9-16)19(26)24(2)3/h4-12,23H,1-3H3. The summed E-state index contributed by atoms with van der Waals surface area (Å²) < 4.78 is 1.45. The second-order valence-electron chi connectivity index (χ2n) is 6.27. The van der Waals surface area contributed by atoms with Crippen molar-refractivity contribution in [3.05, 3.63) is 80.7 Å². The van der Waals surface area contributed by atoms with Crippen LogP contribution in [0.3, 0.4) is 0 Å². The molecule has 0 aliphatic rings. The number of hydrogen-bond donors (Lipinski definition) is 1. The van der Waals surface area contributed by atoms with E-state index in [1.165, 1.54) is 15.8 Å². The van der Waals surface area contributed by atoms with E-state index in [4.69, 9.17) is 11.6 Å². The van der Waals surface area contributed by atoms with Crippen molar-refractivity contribution in [2.24, 2.45) is 4.99 Å². The van der Waals surface area contributed by atoms with E-state index >= 15 is 0 Å². The van der Waals surface area contributed by atoms with Gasteiger partial charge >= 0.3 is 0 Å². The Kier molecular flexibility index (Phi) is 5.28. The first-order valence-corrected chi connectivity index (χ1v) is 8.68. The molecule has 3 aromatic rings. The molecule has 0 aliphatic heterocycles. The summed E-state index contributed by atoms with van der Waals surface area (Å²) in [5, 5.41) is 3.65. The van der Waals surface area contributed by atoms with Gasteiger partial charge < -0.3 is 4.90 Å². The van der Waals surface area contributed by atoms with Crippen LogP contribution in [0, 0.1) is 6.92 Å². The van der Waals surface area contributed by atoms with Gasteiger partial charge in [0.05, 0.1) is 16.9 Å². The maximum atomic E-state index is 12.7. The summed E-state index contributed by atoms with van der Waals surface area (Å²) in [5.41, 5.74) is 2.92. The number of aromatic nitrogens is 2. The number of halogens is 1. The smallest absolute Gasteiger partial charge is 0.280 e. The predicted octanol–water partition coefficient (Wildman–Crippen LogP) is 3.58. The van der Waals surface area contributed by atoms with Crippen molar-refractivity contribution in [1.29, 1.82) is 0 Å². The lowest BCUT2D eigenvalue weighted by Crippen LogP contribution is -2.21. The van der Waals surface area contributed by atoms with Crippen molar-refractivity contribution < 1.29 is 4.79 Å². The molecule has 1 N–H and O–H groups in total. The summed E-state index contributed by atoms with van der Waals surface area (Å²) in [5.74, 6) is -0.0714. The van der Waals surface area contributed by atoms with Gasteiger partial charge in [0, 0.05) is 36.6 Å². The SMILES string of the molecule is Cc1[nH]n(-c2ccc(Cl)cc2)c(=O)c1C=Nc1ccc(C(=O)N(C)C)cc1. The molecule has 0 radical (unpaired) electrons. The van der Waals surface area contributed by atoms with E-state index in [1.807, 2.05) is 6.92 Å². The van der Waals surface area contributed by atoms with Crippen molar-refractivity contribution in [1.82, 2.24) is 14.7 Å². The molecule has 0 saturated heterocycles. The zero-order valence-corrected chi connectivity index (χ0v) is 16.0.